The fraction of sp³-hybridized carbons (Fsp3) is 0.143. The molecule has 0 aliphatic heterocycles. The molecule has 3 rings (SSSR count). The highest BCUT2D eigenvalue weighted by Gasteiger charge is 2.03. The number of benzene rings is 3. The lowest BCUT2D eigenvalue weighted by molar-refractivity contribution is 0.306. The van der Waals surface area contributed by atoms with Crippen molar-refractivity contribution in [3.8, 4) is 5.75 Å². The van der Waals surface area contributed by atoms with Gasteiger partial charge in [-0.3, -0.25) is 0 Å². The first-order valence-corrected chi connectivity index (χ1v) is 9.30. The van der Waals surface area contributed by atoms with E-state index in [9.17, 15) is 0 Å². The molecule has 0 amide bonds. The molecule has 0 aliphatic rings. The second-order valence-electron chi connectivity index (χ2n) is 6.00. The van der Waals surface area contributed by atoms with E-state index in [1.807, 2.05) is 55.5 Å². The van der Waals surface area contributed by atoms with Gasteiger partial charge in [0.25, 0.3) is 0 Å². The third-order valence-corrected chi connectivity index (χ3v) is 5.10. The van der Waals surface area contributed by atoms with Crippen molar-refractivity contribution in [3.05, 3.63) is 92.4 Å². The van der Waals surface area contributed by atoms with Gasteiger partial charge in [-0.1, -0.05) is 59.1 Å². The number of hydrogen-bond acceptors (Lipinski definition) is 2. The van der Waals surface area contributed by atoms with Crippen LogP contribution < -0.4 is 10.1 Å². The number of nitrogens with one attached hydrogen (secondary N) is 1. The first-order chi connectivity index (χ1) is 12.5. The fourth-order valence-corrected chi connectivity index (χ4v) is 2.95. The number of ether oxygens (including phenoxy) is 1. The highest BCUT2D eigenvalue weighted by molar-refractivity contribution is 6.42. The summed E-state index contributed by atoms with van der Waals surface area (Å²) in [6.45, 7) is 3.10. The molecule has 0 saturated heterocycles. The summed E-state index contributed by atoms with van der Waals surface area (Å²) in [6, 6.07) is 19.4. The van der Waals surface area contributed by atoms with Crippen molar-refractivity contribution >= 4 is 40.5 Å². The van der Waals surface area contributed by atoms with Crippen molar-refractivity contribution in [3.63, 3.8) is 0 Å². The van der Waals surface area contributed by atoms with Crippen LogP contribution in [0.3, 0.4) is 0 Å². The molecule has 0 saturated carbocycles. The molecular formula is C21H18Cl3NO. The standard InChI is InChI=1S/C21H18Cl3NO/c1-14-5-7-17(11-20(14)23)25-12-15-3-2-4-18(9-15)26-13-16-6-8-19(22)21(24)10-16/h2-11,25H,12-13H2,1H3. The molecule has 0 unspecified atom stereocenters. The second kappa shape index (κ2) is 8.68. The first-order valence-electron chi connectivity index (χ1n) is 8.17. The summed E-state index contributed by atoms with van der Waals surface area (Å²) < 4.78 is 5.86. The Hall–Kier alpha value is -1.87. The van der Waals surface area contributed by atoms with Gasteiger partial charge in [0, 0.05) is 17.3 Å². The van der Waals surface area contributed by atoms with E-state index in [0.717, 1.165) is 33.1 Å². The number of hydrogen-bond donors (Lipinski definition) is 1. The zero-order valence-corrected chi connectivity index (χ0v) is 16.5. The molecule has 3 aromatic carbocycles. The Kier molecular flexibility index (Phi) is 6.31. The SMILES string of the molecule is Cc1ccc(NCc2cccc(OCc3ccc(Cl)c(Cl)c3)c2)cc1Cl. The molecule has 0 aromatic heterocycles. The van der Waals surface area contributed by atoms with Gasteiger partial charge < -0.3 is 10.1 Å². The molecule has 134 valence electrons. The summed E-state index contributed by atoms with van der Waals surface area (Å²) in [5.74, 6) is 0.803. The molecule has 5 heteroatoms. The minimum Gasteiger partial charge on any atom is -0.489 e. The normalized spacial score (nSPS) is 10.6. The van der Waals surface area contributed by atoms with Crippen LogP contribution >= 0.6 is 34.8 Å². The van der Waals surface area contributed by atoms with Gasteiger partial charge in [0.05, 0.1) is 10.0 Å². The Morgan fingerprint density at radius 1 is 0.808 bits per heavy atom. The van der Waals surface area contributed by atoms with Gasteiger partial charge in [-0.15, -0.1) is 0 Å². The molecule has 0 radical (unpaired) electrons. The summed E-state index contributed by atoms with van der Waals surface area (Å²) in [6.07, 6.45) is 0. The molecule has 3 aromatic rings. The maximum atomic E-state index is 6.16. The Morgan fingerprint density at radius 2 is 1.65 bits per heavy atom. The number of halogens is 3. The van der Waals surface area contributed by atoms with Gasteiger partial charge in [0.1, 0.15) is 12.4 Å². The van der Waals surface area contributed by atoms with Gasteiger partial charge in [0.2, 0.25) is 0 Å². The van der Waals surface area contributed by atoms with Crippen LogP contribution in [-0.4, -0.2) is 0 Å². The Labute approximate surface area is 168 Å². The molecule has 0 spiro atoms. The Balaban J connectivity index is 1.60. The zero-order valence-electron chi connectivity index (χ0n) is 14.2. The van der Waals surface area contributed by atoms with Crippen molar-refractivity contribution in [1.82, 2.24) is 0 Å². The van der Waals surface area contributed by atoms with E-state index < -0.39 is 0 Å². The van der Waals surface area contributed by atoms with Crippen molar-refractivity contribution in [2.45, 2.75) is 20.1 Å². The van der Waals surface area contributed by atoms with E-state index in [-0.39, 0.29) is 0 Å². The quantitative estimate of drug-likeness (QED) is 0.469. The van der Waals surface area contributed by atoms with Crippen LogP contribution in [-0.2, 0) is 13.2 Å². The van der Waals surface area contributed by atoms with Crippen LogP contribution in [0.2, 0.25) is 15.1 Å². The molecule has 0 heterocycles. The van der Waals surface area contributed by atoms with Gasteiger partial charge in [-0.05, 0) is 60.0 Å². The average Bonchev–Trinajstić information content (AvgIpc) is 2.64. The zero-order chi connectivity index (χ0) is 18.5. The molecule has 0 fully saturated rings. The van der Waals surface area contributed by atoms with Crippen molar-refractivity contribution in [2.75, 3.05) is 5.32 Å². The predicted molar refractivity (Wildman–Crippen MR) is 111 cm³/mol. The van der Waals surface area contributed by atoms with Crippen molar-refractivity contribution < 1.29 is 4.74 Å². The molecule has 0 atom stereocenters. The first kappa shape index (κ1) is 18.9. The lowest BCUT2D eigenvalue weighted by Crippen LogP contribution is -2.01. The summed E-state index contributed by atoms with van der Waals surface area (Å²) in [5, 5.41) is 5.20. The third-order valence-electron chi connectivity index (χ3n) is 3.96. The average molecular weight is 407 g/mol. The number of aryl methyl sites for hydroxylation is 1. The molecule has 2 nitrogen and oxygen atoms in total. The van der Waals surface area contributed by atoms with E-state index >= 15 is 0 Å². The van der Waals surface area contributed by atoms with Gasteiger partial charge in [-0.25, -0.2) is 0 Å². The largest absolute Gasteiger partial charge is 0.489 e. The molecular weight excluding hydrogens is 389 g/mol. The van der Waals surface area contributed by atoms with Gasteiger partial charge in [-0.2, -0.15) is 0 Å². The van der Waals surface area contributed by atoms with Crippen LogP contribution in [0, 0.1) is 6.92 Å². The van der Waals surface area contributed by atoms with Gasteiger partial charge >= 0.3 is 0 Å². The van der Waals surface area contributed by atoms with E-state index in [1.165, 1.54) is 0 Å². The molecule has 0 aliphatic carbocycles. The minimum absolute atomic E-state index is 0.432. The second-order valence-corrected chi connectivity index (χ2v) is 7.22. The van der Waals surface area contributed by atoms with E-state index in [0.29, 0.717) is 23.2 Å². The minimum atomic E-state index is 0.432. The molecule has 26 heavy (non-hydrogen) atoms. The highest BCUT2D eigenvalue weighted by Crippen LogP contribution is 2.24. The van der Waals surface area contributed by atoms with Gasteiger partial charge in [0.15, 0.2) is 0 Å². The Bertz CT molecular complexity index is 841. The van der Waals surface area contributed by atoms with Crippen LogP contribution in [0.4, 0.5) is 5.69 Å². The fourth-order valence-electron chi connectivity index (χ4n) is 2.45. The highest BCUT2D eigenvalue weighted by atomic mass is 35.5. The maximum Gasteiger partial charge on any atom is 0.120 e. The van der Waals surface area contributed by atoms with Crippen molar-refractivity contribution in [1.29, 1.82) is 0 Å². The van der Waals surface area contributed by atoms with Crippen molar-refractivity contribution in [2.24, 2.45) is 0 Å². The van der Waals surface area contributed by atoms with Crippen LogP contribution in [0.1, 0.15) is 16.7 Å². The van der Waals surface area contributed by atoms with Crippen LogP contribution in [0.25, 0.3) is 0 Å². The van der Waals surface area contributed by atoms with E-state index in [4.69, 9.17) is 39.5 Å². The van der Waals surface area contributed by atoms with E-state index in [1.54, 1.807) is 6.07 Å². The lowest BCUT2D eigenvalue weighted by Gasteiger charge is -2.11. The van der Waals surface area contributed by atoms with Crippen LogP contribution in [0.15, 0.2) is 60.7 Å². The number of anilines is 1. The lowest BCUT2D eigenvalue weighted by atomic mass is 10.2. The topological polar surface area (TPSA) is 21.3 Å². The van der Waals surface area contributed by atoms with E-state index in [2.05, 4.69) is 11.4 Å². The summed E-state index contributed by atoms with van der Waals surface area (Å²) >= 11 is 18.1. The molecule has 1 N–H and O–H groups in total. The predicted octanol–water partition coefficient (Wildman–Crippen LogP) is 7.15. The number of rotatable bonds is 6. The Morgan fingerprint density at radius 3 is 2.42 bits per heavy atom. The monoisotopic (exact) mass is 405 g/mol. The summed E-state index contributed by atoms with van der Waals surface area (Å²) in [4.78, 5) is 0. The summed E-state index contributed by atoms with van der Waals surface area (Å²) in [5.41, 5.74) is 4.14. The summed E-state index contributed by atoms with van der Waals surface area (Å²) in [7, 11) is 0. The smallest absolute Gasteiger partial charge is 0.120 e. The maximum absolute atomic E-state index is 6.16. The third kappa shape index (κ3) is 5.07. The van der Waals surface area contributed by atoms with Crippen LogP contribution in [0.5, 0.6) is 5.75 Å². The molecule has 0 bridgehead atoms.